The molecule has 0 spiro atoms. The molecule has 3 rings (SSSR count). The van der Waals surface area contributed by atoms with Crippen LogP contribution in [0.5, 0.6) is 0 Å². The van der Waals surface area contributed by atoms with E-state index in [0.29, 0.717) is 13.1 Å². The zero-order valence-electron chi connectivity index (χ0n) is 9.21. The van der Waals surface area contributed by atoms with Gasteiger partial charge in [-0.1, -0.05) is 30.3 Å². The number of amides is 1. The Morgan fingerprint density at radius 1 is 1.35 bits per heavy atom. The van der Waals surface area contributed by atoms with Gasteiger partial charge in [0.2, 0.25) is 0 Å². The monoisotopic (exact) mass is 228 g/mol. The number of benzene rings is 1. The van der Waals surface area contributed by atoms with Crippen molar-refractivity contribution in [3.05, 3.63) is 35.9 Å². The highest BCUT2D eigenvalue weighted by atomic mass is 16.4. The van der Waals surface area contributed by atoms with Gasteiger partial charge in [-0.3, -0.25) is 0 Å². The predicted octanol–water partition coefficient (Wildman–Crippen LogP) is 1.69. The smallest absolute Gasteiger partial charge is 0.407 e. The topological polar surface area (TPSA) is 64.3 Å². The van der Waals surface area contributed by atoms with Crippen molar-refractivity contribution in [3.8, 4) is 6.07 Å². The minimum Gasteiger partial charge on any atom is -0.465 e. The van der Waals surface area contributed by atoms with Crippen LogP contribution in [0.15, 0.2) is 30.3 Å². The number of fused-ring (bicyclic) bond motifs is 1. The predicted molar refractivity (Wildman–Crippen MR) is 60.3 cm³/mol. The molecule has 17 heavy (non-hydrogen) atoms. The Labute approximate surface area is 99.1 Å². The molecule has 0 aromatic heterocycles. The molecule has 1 heterocycles. The maximum absolute atomic E-state index is 10.8. The molecule has 1 saturated heterocycles. The number of carboxylic acid groups (broad SMARTS) is 1. The normalized spacial score (nSPS) is 33.9. The van der Waals surface area contributed by atoms with Crippen LogP contribution in [0.2, 0.25) is 0 Å². The first-order valence-corrected chi connectivity index (χ1v) is 5.65. The van der Waals surface area contributed by atoms with Crippen LogP contribution < -0.4 is 0 Å². The van der Waals surface area contributed by atoms with Crippen molar-refractivity contribution in [3.63, 3.8) is 0 Å². The van der Waals surface area contributed by atoms with Crippen LogP contribution in [-0.4, -0.2) is 29.2 Å². The summed E-state index contributed by atoms with van der Waals surface area (Å²) in [6, 6.07) is 12.1. The number of rotatable bonds is 1. The molecule has 1 aliphatic heterocycles. The first-order valence-electron chi connectivity index (χ1n) is 5.65. The summed E-state index contributed by atoms with van der Waals surface area (Å²) in [4.78, 5) is 12.3. The van der Waals surface area contributed by atoms with Gasteiger partial charge in [0.05, 0.1) is 11.5 Å². The van der Waals surface area contributed by atoms with Gasteiger partial charge in [0.25, 0.3) is 0 Å². The Morgan fingerprint density at radius 3 is 2.41 bits per heavy atom. The number of carbonyl (C=O) groups is 1. The van der Waals surface area contributed by atoms with E-state index in [0.717, 1.165) is 5.56 Å². The lowest BCUT2D eigenvalue weighted by atomic mass is 9.92. The third kappa shape index (κ3) is 1.19. The summed E-state index contributed by atoms with van der Waals surface area (Å²) in [5.41, 5.74) is 0.593. The lowest BCUT2D eigenvalue weighted by Gasteiger charge is -2.20. The van der Waals surface area contributed by atoms with Gasteiger partial charge < -0.3 is 10.0 Å². The van der Waals surface area contributed by atoms with E-state index in [9.17, 15) is 10.1 Å². The minimum absolute atomic E-state index is 0.172. The van der Waals surface area contributed by atoms with Crippen LogP contribution in [0.3, 0.4) is 0 Å². The Hall–Kier alpha value is -2.02. The summed E-state index contributed by atoms with van der Waals surface area (Å²) in [7, 11) is 0. The molecule has 2 aliphatic rings. The highest BCUT2D eigenvalue weighted by molar-refractivity contribution is 5.67. The van der Waals surface area contributed by atoms with Crippen LogP contribution >= 0.6 is 0 Å². The molecule has 1 amide bonds. The molecule has 1 N–H and O–H groups in total. The first kappa shape index (κ1) is 10.2. The Morgan fingerprint density at radius 2 is 1.94 bits per heavy atom. The van der Waals surface area contributed by atoms with E-state index in [2.05, 4.69) is 6.07 Å². The van der Waals surface area contributed by atoms with Crippen molar-refractivity contribution >= 4 is 6.09 Å². The highest BCUT2D eigenvalue weighted by Gasteiger charge is 2.70. The molecular weight excluding hydrogens is 216 g/mol. The van der Waals surface area contributed by atoms with Gasteiger partial charge in [0.15, 0.2) is 0 Å². The van der Waals surface area contributed by atoms with Gasteiger partial charge in [0, 0.05) is 24.9 Å². The van der Waals surface area contributed by atoms with Crippen molar-refractivity contribution in [1.29, 1.82) is 5.26 Å². The second-order valence-corrected chi connectivity index (χ2v) is 4.75. The summed E-state index contributed by atoms with van der Waals surface area (Å²) >= 11 is 0. The quantitative estimate of drug-likeness (QED) is 0.795. The van der Waals surface area contributed by atoms with E-state index in [1.165, 1.54) is 4.90 Å². The largest absolute Gasteiger partial charge is 0.465 e. The standard InChI is InChI=1S/C13H12N2O2/c14-8-13(9-4-2-1-3-5-9)10-6-15(12(16)17)7-11(10)13/h1-5,10-11H,6-7H2,(H,16,17)/t10-,11+,13?. The highest BCUT2D eigenvalue weighted by Crippen LogP contribution is 2.63. The molecule has 1 aromatic rings. The molecule has 86 valence electrons. The molecule has 2 fully saturated rings. The summed E-state index contributed by atoms with van der Waals surface area (Å²) in [5.74, 6) is 0.344. The molecule has 4 nitrogen and oxygen atoms in total. The van der Waals surface area contributed by atoms with Crippen LogP contribution in [0.1, 0.15) is 5.56 Å². The Bertz CT molecular complexity index is 494. The molecular formula is C13H12N2O2. The van der Waals surface area contributed by atoms with Crippen molar-refractivity contribution < 1.29 is 9.90 Å². The number of hydrogen-bond donors (Lipinski definition) is 1. The van der Waals surface area contributed by atoms with Crippen LogP contribution in [0.4, 0.5) is 4.79 Å². The van der Waals surface area contributed by atoms with Crippen molar-refractivity contribution in [2.45, 2.75) is 5.41 Å². The van der Waals surface area contributed by atoms with Gasteiger partial charge in [0.1, 0.15) is 0 Å². The SMILES string of the molecule is N#CC1(c2ccccc2)[C@@H]2CN(C(=O)O)C[C@@H]21. The van der Waals surface area contributed by atoms with E-state index in [1.807, 2.05) is 30.3 Å². The number of nitrogens with zero attached hydrogens (tertiary/aromatic N) is 2. The van der Waals surface area contributed by atoms with Crippen molar-refractivity contribution in [2.75, 3.05) is 13.1 Å². The second-order valence-electron chi connectivity index (χ2n) is 4.75. The molecule has 3 atom stereocenters. The maximum atomic E-state index is 10.8. The third-order valence-corrected chi connectivity index (χ3v) is 4.09. The number of piperidine rings is 1. The lowest BCUT2D eigenvalue weighted by Crippen LogP contribution is -2.33. The average Bonchev–Trinajstić information content (AvgIpc) is 2.73. The van der Waals surface area contributed by atoms with Gasteiger partial charge in [-0.05, 0) is 5.56 Å². The minimum atomic E-state index is -0.878. The van der Waals surface area contributed by atoms with Crippen LogP contribution in [-0.2, 0) is 5.41 Å². The van der Waals surface area contributed by atoms with Crippen molar-refractivity contribution in [1.82, 2.24) is 4.90 Å². The Balaban J connectivity index is 1.88. The number of hydrogen-bond acceptors (Lipinski definition) is 2. The zero-order valence-corrected chi connectivity index (χ0v) is 9.21. The number of likely N-dealkylation sites (tertiary alicyclic amines) is 1. The fourth-order valence-electron chi connectivity index (χ4n) is 3.16. The van der Waals surface area contributed by atoms with Gasteiger partial charge in [-0.25, -0.2) is 4.79 Å². The summed E-state index contributed by atoms with van der Waals surface area (Å²) in [6.45, 7) is 0.977. The number of nitriles is 1. The molecule has 1 saturated carbocycles. The van der Waals surface area contributed by atoms with E-state index in [-0.39, 0.29) is 11.8 Å². The van der Waals surface area contributed by atoms with Gasteiger partial charge in [-0.2, -0.15) is 5.26 Å². The van der Waals surface area contributed by atoms with E-state index in [4.69, 9.17) is 5.11 Å². The molecule has 1 aromatic carbocycles. The zero-order chi connectivity index (χ0) is 12.0. The van der Waals surface area contributed by atoms with E-state index >= 15 is 0 Å². The molecule has 0 radical (unpaired) electrons. The second kappa shape index (κ2) is 3.24. The fraction of sp³-hybridized carbons (Fsp3) is 0.385. The molecule has 1 aliphatic carbocycles. The fourth-order valence-corrected chi connectivity index (χ4v) is 3.16. The summed E-state index contributed by atoms with van der Waals surface area (Å²) in [5, 5.41) is 18.3. The van der Waals surface area contributed by atoms with Crippen LogP contribution in [0, 0.1) is 23.2 Å². The Kier molecular flexibility index (Phi) is 1.93. The first-order chi connectivity index (χ1) is 8.20. The van der Waals surface area contributed by atoms with Gasteiger partial charge in [-0.15, -0.1) is 0 Å². The third-order valence-electron chi connectivity index (χ3n) is 4.09. The molecule has 0 bridgehead atoms. The maximum Gasteiger partial charge on any atom is 0.407 e. The van der Waals surface area contributed by atoms with Crippen molar-refractivity contribution in [2.24, 2.45) is 11.8 Å². The molecule has 4 heteroatoms. The summed E-state index contributed by atoms with van der Waals surface area (Å²) in [6.07, 6.45) is -0.878. The molecule has 1 unspecified atom stereocenters. The van der Waals surface area contributed by atoms with E-state index in [1.54, 1.807) is 0 Å². The summed E-state index contributed by atoms with van der Waals surface area (Å²) < 4.78 is 0. The lowest BCUT2D eigenvalue weighted by molar-refractivity contribution is 0.148. The average molecular weight is 228 g/mol. The van der Waals surface area contributed by atoms with Crippen LogP contribution in [0.25, 0.3) is 0 Å². The van der Waals surface area contributed by atoms with Gasteiger partial charge >= 0.3 is 6.09 Å². The van der Waals surface area contributed by atoms with E-state index < -0.39 is 11.5 Å².